The van der Waals surface area contributed by atoms with Gasteiger partial charge in [-0.25, -0.2) is 0 Å². The minimum absolute atomic E-state index is 0.0254. The minimum Gasteiger partial charge on any atom is -0.335 e. The fraction of sp³-hybridized carbons (Fsp3) is 0.400. The number of hydrogen-bond acceptors (Lipinski definition) is 3. The van der Waals surface area contributed by atoms with E-state index in [0.717, 1.165) is 9.47 Å². The van der Waals surface area contributed by atoms with Gasteiger partial charge in [0.15, 0.2) is 0 Å². The van der Waals surface area contributed by atoms with Crippen LogP contribution in [-0.2, 0) is 9.59 Å². The highest BCUT2D eigenvalue weighted by molar-refractivity contribution is 9.10. The normalized spacial score (nSPS) is 10.1. The summed E-state index contributed by atoms with van der Waals surface area (Å²) in [5, 5.41) is 2.72. The van der Waals surface area contributed by atoms with E-state index in [9.17, 15) is 9.59 Å². The van der Waals surface area contributed by atoms with Crippen molar-refractivity contribution >= 4 is 55.7 Å². The van der Waals surface area contributed by atoms with E-state index in [2.05, 4.69) is 15.9 Å². The molecule has 0 spiro atoms. The molecule has 4 nitrogen and oxygen atoms in total. The molecule has 0 bridgehead atoms. The van der Waals surface area contributed by atoms with Gasteiger partial charge < -0.3 is 9.80 Å². The zero-order valence-electron chi connectivity index (χ0n) is 9.44. The Bertz CT molecular complexity index is 424. The lowest BCUT2D eigenvalue weighted by Crippen LogP contribution is -2.39. The van der Waals surface area contributed by atoms with E-state index in [1.54, 1.807) is 14.1 Å². The Morgan fingerprint density at radius 1 is 1.41 bits per heavy atom. The summed E-state index contributed by atoms with van der Waals surface area (Å²) in [5.41, 5.74) is 0. The summed E-state index contributed by atoms with van der Waals surface area (Å²) < 4.78 is 0.933. The number of amides is 2. The van der Waals surface area contributed by atoms with Crippen molar-refractivity contribution in [3.05, 3.63) is 15.9 Å². The van der Waals surface area contributed by atoms with Crippen LogP contribution in [0.2, 0.25) is 0 Å². The predicted octanol–water partition coefficient (Wildman–Crippen LogP) is 2.17. The molecular weight excluding hydrogens is 328 g/mol. The number of anilines is 1. The predicted molar refractivity (Wildman–Crippen MR) is 73.8 cm³/mol. The van der Waals surface area contributed by atoms with Gasteiger partial charge in [-0.3, -0.25) is 9.59 Å². The number of nitrogens with zero attached hydrogens (tertiary/aromatic N) is 2. The van der Waals surface area contributed by atoms with Crippen LogP contribution in [0.25, 0.3) is 0 Å². The number of thiophene rings is 1. The molecule has 0 aliphatic rings. The molecule has 0 atom stereocenters. The lowest BCUT2D eigenvalue weighted by Gasteiger charge is -2.20. The molecule has 1 rings (SSSR count). The molecular formula is C10H12BrClN2O2S. The van der Waals surface area contributed by atoms with E-state index in [0.29, 0.717) is 0 Å². The maximum atomic E-state index is 11.9. The Hall–Kier alpha value is -0.590. The molecule has 0 saturated heterocycles. The van der Waals surface area contributed by atoms with Crippen molar-refractivity contribution in [3.63, 3.8) is 0 Å². The van der Waals surface area contributed by atoms with E-state index in [1.807, 2.05) is 11.4 Å². The summed E-state index contributed by atoms with van der Waals surface area (Å²) >= 11 is 10.2. The summed E-state index contributed by atoms with van der Waals surface area (Å²) in [6.45, 7) is 0.0254. The second-order valence-electron chi connectivity index (χ2n) is 3.44. The van der Waals surface area contributed by atoms with Crippen molar-refractivity contribution < 1.29 is 9.59 Å². The van der Waals surface area contributed by atoms with Gasteiger partial charge in [-0.1, -0.05) is 0 Å². The van der Waals surface area contributed by atoms with E-state index in [1.165, 1.54) is 21.1 Å². The van der Waals surface area contributed by atoms with Crippen molar-refractivity contribution in [2.45, 2.75) is 0 Å². The van der Waals surface area contributed by atoms with Crippen molar-refractivity contribution in [1.82, 2.24) is 4.90 Å². The Balaban J connectivity index is 2.62. The number of likely N-dealkylation sites (N-methyl/N-ethyl adjacent to an activating group) is 2. The Morgan fingerprint density at radius 3 is 2.53 bits per heavy atom. The van der Waals surface area contributed by atoms with Gasteiger partial charge in [0.2, 0.25) is 11.8 Å². The summed E-state index contributed by atoms with van der Waals surface area (Å²) in [5.74, 6) is -0.529. The lowest BCUT2D eigenvalue weighted by atomic mass is 10.4. The summed E-state index contributed by atoms with van der Waals surface area (Å²) in [4.78, 5) is 25.9. The molecule has 7 heteroatoms. The van der Waals surface area contributed by atoms with Gasteiger partial charge in [0.1, 0.15) is 5.88 Å². The number of carbonyl (C=O) groups is 2. The van der Waals surface area contributed by atoms with Crippen LogP contribution in [0.5, 0.6) is 0 Å². The Labute approximate surface area is 117 Å². The fourth-order valence-electron chi connectivity index (χ4n) is 1.10. The van der Waals surface area contributed by atoms with Gasteiger partial charge in [0.25, 0.3) is 0 Å². The third-order valence-electron chi connectivity index (χ3n) is 2.17. The number of carbonyl (C=O) groups excluding carboxylic acids is 2. The Morgan fingerprint density at radius 2 is 2.06 bits per heavy atom. The van der Waals surface area contributed by atoms with Crippen molar-refractivity contribution in [3.8, 4) is 0 Å². The molecule has 94 valence electrons. The molecule has 0 N–H and O–H groups in total. The fourth-order valence-corrected chi connectivity index (χ4v) is 2.71. The second kappa shape index (κ2) is 6.37. The first-order valence-electron chi connectivity index (χ1n) is 4.76. The van der Waals surface area contributed by atoms with Crippen LogP contribution in [0, 0.1) is 0 Å². The molecule has 1 heterocycles. The maximum Gasteiger partial charge on any atom is 0.246 e. The first-order valence-corrected chi connectivity index (χ1v) is 6.97. The highest BCUT2D eigenvalue weighted by Crippen LogP contribution is 2.27. The van der Waals surface area contributed by atoms with Gasteiger partial charge >= 0.3 is 0 Å². The standard InChI is InChI=1S/C10H12BrClN2O2S/c1-13(8(15)4-12)5-9(16)14(2)10-3-7(11)6-17-10/h3,6H,4-5H2,1-2H3. The number of alkyl halides is 1. The number of halogens is 2. The monoisotopic (exact) mass is 338 g/mol. The van der Waals surface area contributed by atoms with Crippen molar-refractivity contribution in [2.24, 2.45) is 0 Å². The van der Waals surface area contributed by atoms with Gasteiger partial charge in [0.05, 0.1) is 11.5 Å². The maximum absolute atomic E-state index is 11.9. The van der Waals surface area contributed by atoms with Crippen LogP contribution in [0.3, 0.4) is 0 Å². The third kappa shape index (κ3) is 3.97. The van der Waals surface area contributed by atoms with Gasteiger partial charge in [-0.15, -0.1) is 22.9 Å². The highest BCUT2D eigenvalue weighted by atomic mass is 79.9. The highest BCUT2D eigenvalue weighted by Gasteiger charge is 2.17. The molecule has 0 saturated carbocycles. The van der Waals surface area contributed by atoms with Crippen LogP contribution < -0.4 is 4.90 Å². The van der Waals surface area contributed by atoms with E-state index >= 15 is 0 Å². The topological polar surface area (TPSA) is 40.6 Å². The van der Waals surface area contributed by atoms with Crippen LogP contribution in [0.4, 0.5) is 5.00 Å². The first kappa shape index (κ1) is 14.5. The van der Waals surface area contributed by atoms with Crippen LogP contribution in [0.15, 0.2) is 15.9 Å². The quantitative estimate of drug-likeness (QED) is 0.789. The average Bonchev–Trinajstić information content (AvgIpc) is 2.73. The van der Waals surface area contributed by atoms with Crippen LogP contribution in [-0.4, -0.2) is 43.2 Å². The van der Waals surface area contributed by atoms with Gasteiger partial charge in [-0.05, 0) is 22.0 Å². The SMILES string of the molecule is CN(CC(=O)N(C)c1cc(Br)cs1)C(=O)CCl. The molecule has 17 heavy (non-hydrogen) atoms. The summed E-state index contributed by atoms with van der Waals surface area (Å²) in [6.07, 6.45) is 0. The molecule has 0 unspecified atom stereocenters. The molecule has 0 radical (unpaired) electrons. The molecule has 0 aromatic carbocycles. The summed E-state index contributed by atoms with van der Waals surface area (Å²) in [7, 11) is 3.24. The van der Waals surface area contributed by atoms with Crippen molar-refractivity contribution in [1.29, 1.82) is 0 Å². The lowest BCUT2D eigenvalue weighted by molar-refractivity contribution is -0.131. The van der Waals surface area contributed by atoms with Crippen LogP contribution >= 0.6 is 38.9 Å². The van der Waals surface area contributed by atoms with Gasteiger partial charge in [0, 0.05) is 23.9 Å². The average molecular weight is 340 g/mol. The van der Waals surface area contributed by atoms with Gasteiger partial charge in [-0.2, -0.15) is 0 Å². The molecule has 0 aliphatic carbocycles. The van der Waals surface area contributed by atoms with Crippen LogP contribution in [0.1, 0.15) is 0 Å². The molecule has 1 aromatic heterocycles. The number of rotatable bonds is 4. The number of hydrogen-bond donors (Lipinski definition) is 0. The molecule has 0 aliphatic heterocycles. The molecule has 0 fully saturated rings. The van der Waals surface area contributed by atoms with E-state index in [4.69, 9.17) is 11.6 Å². The smallest absolute Gasteiger partial charge is 0.246 e. The zero-order chi connectivity index (χ0) is 13.0. The molecule has 1 aromatic rings. The second-order valence-corrected chi connectivity index (χ2v) is 5.51. The Kier molecular flexibility index (Phi) is 5.42. The minimum atomic E-state index is -0.263. The zero-order valence-corrected chi connectivity index (χ0v) is 12.6. The first-order chi connectivity index (χ1) is 7.95. The van der Waals surface area contributed by atoms with E-state index in [-0.39, 0.29) is 24.2 Å². The van der Waals surface area contributed by atoms with E-state index < -0.39 is 0 Å². The third-order valence-corrected chi connectivity index (χ3v) is 4.17. The summed E-state index contributed by atoms with van der Waals surface area (Å²) in [6, 6.07) is 1.85. The molecule has 2 amide bonds. The van der Waals surface area contributed by atoms with Crippen molar-refractivity contribution in [2.75, 3.05) is 31.4 Å². The largest absolute Gasteiger partial charge is 0.335 e.